The predicted octanol–water partition coefficient (Wildman–Crippen LogP) is 4.83. The van der Waals surface area contributed by atoms with Crippen molar-refractivity contribution in [2.45, 2.75) is 46.6 Å². The molecule has 0 saturated heterocycles. The molecule has 4 nitrogen and oxygen atoms in total. The highest BCUT2D eigenvalue weighted by Gasteiger charge is 2.28. The number of rotatable bonds is 5. The smallest absolute Gasteiger partial charge is 0.365 e. The zero-order chi connectivity index (χ0) is 18.1. The fourth-order valence-electron chi connectivity index (χ4n) is 2.85. The summed E-state index contributed by atoms with van der Waals surface area (Å²) in [5.74, 6) is -1.69. The molecule has 0 bridgehead atoms. The summed E-state index contributed by atoms with van der Waals surface area (Å²) in [4.78, 5) is 11.0. The Bertz CT molecular complexity index is 729. The van der Waals surface area contributed by atoms with Gasteiger partial charge < -0.3 is 14.6 Å². The molecule has 24 heavy (non-hydrogen) atoms. The minimum Gasteiger partial charge on any atom is -0.493 e. The van der Waals surface area contributed by atoms with Gasteiger partial charge in [-0.05, 0) is 51.8 Å². The average Bonchev–Trinajstić information content (AvgIpc) is 2.51. The number of carboxylic acids is 1. The standard InChI is InChI=1S/C19H23FO4/c1-6-12-10-19(4,5)24-16-9-15(23-7-2)13(8-14(12)16)11(3)17(20)18(21)22/h8-10H,6-7H2,1-5H3,(H,21,22). The average molecular weight is 334 g/mol. The molecule has 0 unspecified atom stereocenters. The largest absolute Gasteiger partial charge is 0.493 e. The number of aliphatic carboxylic acids is 1. The molecule has 2 rings (SSSR count). The van der Waals surface area contributed by atoms with Gasteiger partial charge >= 0.3 is 5.97 Å². The molecular formula is C19H23FO4. The SMILES string of the molecule is CCOc1cc2c(cc1C(C)=C(F)C(=O)O)C(CC)=CC(C)(C)O2. The van der Waals surface area contributed by atoms with Gasteiger partial charge in [0, 0.05) is 22.8 Å². The van der Waals surface area contributed by atoms with E-state index in [4.69, 9.17) is 14.6 Å². The van der Waals surface area contributed by atoms with Crippen LogP contribution in [-0.2, 0) is 4.79 Å². The highest BCUT2D eigenvalue weighted by atomic mass is 19.1. The number of fused-ring (bicyclic) bond motifs is 1. The fourth-order valence-corrected chi connectivity index (χ4v) is 2.85. The summed E-state index contributed by atoms with van der Waals surface area (Å²) in [6, 6.07) is 3.47. The Labute approximate surface area is 141 Å². The van der Waals surface area contributed by atoms with Gasteiger partial charge in [0.05, 0.1) is 6.61 Å². The van der Waals surface area contributed by atoms with Gasteiger partial charge in [-0.15, -0.1) is 0 Å². The molecule has 1 aromatic rings. The predicted molar refractivity (Wildman–Crippen MR) is 91.9 cm³/mol. The number of carboxylic acid groups (broad SMARTS) is 1. The van der Waals surface area contributed by atoms with Crippen molar-refractivity contribution in [3.8, 4) is 11.5 Å². The monoisotopic (exact) mass is 334 g/mol. The number of allylic oxidation sites excluding steroid dienone is 2. The van der Waals surface area contributed by atoms with Gasteiger partial charge in [0.25, 0.3) is 0 Å². The lowest BCUT2D eigenvalue weighted by atomic mass is 9.90. The fraction of sp³-hybridized carbons (Fsp3) is 0.421. The second-order valence-corrected chi connectivity index (χ2v) is 6.25. The van der Waals surface area contributed by atoms with Crippen LogP contribution in [0, 0.1) is 0 Å². The van der Waals surface area contributed by atoms with Gasteiger partial charge in [-0.2, -0.15) is 4.39 Å². The third-order valence-corrected chi connectivity index (χ3v) is 3.92. The van der Waals surface area contributed by atoms with Gasteiger partial charge in [0.15, 0.2) is 0 Å². The van der Waals surface area contributed by atoms with Crippen LogP contribution in [0.1, 0.15) is 52.2 Å². The van der Waals surface area contributed by atoms with Crippen molar-refractivity contribution in [2.24, 2.45) is 0 Å². The summed E-state index contributed by atoms with van der Waals surface area (Å²) >= 11 is 0. The van der Waals surface area contributed by atoms with Crippen molar-refractivity contribution >= 4 is 17.1 Å². The van der Waals surface area contributed by atoms with Crippen molar-refractivity contribution < 1.29 is 23.8 Å². The summed E-state index contributed by atoms with van der Waals surface area (Å²) in [7, 11) is 0. The first-order valence-corrected chi connectivity index (χ1v) is 8.02. The Balaban J connectivity index is 2.70. The van der Waals surface area contributed by atoms with Crippen molar-refractivity contribution in [3.63, 3.8) is 0 Å². The molecule has 0 atom stereocenters. The number of halogens is 1. The molecule has 0 amide bonds. The van der Waals surface area contributed by atoms with E-state index in [1.165, 1.54) is 6.92 Å². The molecule has 1 aliphatic rings. The molecule has 0 fully saturated rings. The van der Waals surface area contributed by atoms with Crippen molar-refractivity contribution in [3.05, 3.63) is 35.2 Å². The molecule has 0 aromatic heterocycles. The van der Waals surface area contributed by atoms with E-state index >= 15 is 0 Å². The number of hydrogen-bond donors (Lipinski definition) is 1. The van der Waals surface area contributed by atoms with Crippen LogP contribution in [0.5, 0.6) is 11.5 Å². The molecule has 1 aromatic carbocycles. The molecule has 1 heterocycles. The van der Waals surface area contributed by atoms with Crippen molar-refractivity contribution in [1.29, 1.82) is 0 Å². The summed E-state index contributed by atoms with van der Waals surface area (Å²) in [6.45, 7) is 9.61. The van der Waals surface area contributed by atoms with Gasteiger partial charge in [-0.3, -0.25) is 0 Å². The summed E-state index contributed by atoms with van der Waals surface area (Å²) in [5.41, 5.74) is 1.94. The van der Waals surface area contributed by atoms with E-state index < -0.39 is 17.4 Å². The topological polar surface area (TPSA) is 55.8 Å². The van der Waals surface area contributed by atoms with E-state index in [1.54, 1.807) is 12.1 Å². The Morgan fingerprint density at radius 3 is 2.54 bits per heavy atom. The first-order chi connectivity index (χ1) is 11.2. The first-order valence-electron chi connectivity index (χ1n) is 8.02. The van der Waals surface area contributed by atoms with E-state index in [2.05, 4.69) is 0 Å². The minimum atomic E-state index is -1.59. The third-order valence-electron chi connectivity index (χ3n) is 3.92. The Kier molecular flexibility index (Phi) is 5.02. The lowest BCUT2D eigenvalue weighted by Crippen LogP contribution is -2.29. The quantitative estimate of drug-likeness (QED) is 0.783. The van der Waals surface area contributed by atoms with Crippen LogP contribution >= 0.6 is 0 Å². The molecule has 0 aliphatic carbocycles. The van der Waals surface area contributed by atoms with Crippen molar-refractivity contribution in [1.82, 2.24) is 0 Å². The minimum absolute atomic E-state index is 0.0361. The second kappa shape index (κ2) is 6.67. The molecule has 5 heteroatoms. The maximum atomic E-state index is 13.9. The van der Waals surface area contributed by atoms with Gasteiger partial charge in [-0.1, -0.05) is 6.92 Å². The van der Waals surface area contributed by atoms with Crippen LogP contribution < -0.4 is 9.47 Å². The van der Waals surface area contributed by atoms with Crippen molar-refractivity contribution in [2.75, 3.05) is 6.61 Å². The van der Waals surface area contributed by atoms with Gasteiger partial charge in [-0.25, -0.2) is 4.79 Å². The molecule has 130 valence electrons. The molecule has 0 spiro atoms. The third kappa shape index (κ3) is 3.45. The van der Waals surface area contributed by atoms with Crippen LogP contribution in [-0.4, -0.2) is 23.3 Å². The maximum Gasteiger partial charge on any atom is 0.365 e. The van der Waals surface area contributed by atoms with Crippen LogP contribution in [0.25, 0.3) is 11.1 Å². The highest BCUT2D eigenvalue weighted by Crippen LogP contribution is 2.43. The molecule has 0 radical (unpaired) electrons. The normalized spacial score (nSPS) is 16.5. The lowest BCUT2D eigenvalue weighted by Gasteiger charge is -2.32. The van der Waals surface area contributed by atoms with E-state index in [1.807, 2.05) is 33.8 Å². The zero-order valence-corrected chi connectivity index (χ0v) is 14.7. The number of benzene rings is 1. The lowest BCUT2D eigenvalue weighted by molar-refractivity contribution is -0.134. The van der Waals surface area contributed by atoms with Gasteiger partial charge in [0.2, 0.25) is 5.83 Å². The number of hydrogen-bond acceptors (Lipinski definition) is 3. The molecular weight excluding hydrogens is 311 g/mol. The zero-order valence-electron chi connectivity index (χ0n) is 14.7. The first kappa shape index (κ1) is 18.0. The van der Waals surface area contributed by atoms with Crippen LogP contribution in [0.4, 0.5) is 4.39 Å². The Morgan fingerprint density at radius 1 is 1.33 bits per heavy atom. The van der Waals surface area contributed by atoms with E-state index in [9.17, 15) is 9.18 Å². The van der Waals surface area contributed by atoms with Crippen LogP contribution in [0.2, 0.25) is 0 Å². The molecule has 1 aliphatic heterocycles. The Hall–Kier alpha value is -2.30. The summed E-state index contributed by atoms with van der Waals surface area (Å²) < 4.78 is 25.5. The second-order valence-electron chi connectivity index (χ2n) is 6.25. The number of ether oxygens (including phenoxy) is 2. The maximum absolute atomic E-state index is 13.9. The van der Waals surface area contributed by atoms with Crippen LogP contribution in [0.15, 0.2) is 24.0 Å². The Morgan fingerprint density at radius 2 is 2.00 bits per heavy atom. The summed E-state index contributed by atoms with van der Waals surface area (Å²) in [6.07, 6.45) is 2.82. The van der Waals surface area contributed by atoms with E-state index in [0.29, 0.717) is 23.7 Å². The van der Waals surface area contributed by atoms with E-state index in [-0.39, 0.29) is 5.57 Å². The molecule has 0 saturated carbocycles. The van der Waals surface area contributed by atoms with E-state index in [0.717, 1.165) is 17.6 Å². The summed E-state index contributed by atoms with van der Waals surface area (Å²) in [5, 5.41) is 8.93. The molecule has 1 N–H and O–H groups in total. The van der Waals surface area contributed by atoms with Crippen LogP contribution in [0.3, 0.4) is 0 Å². The highest BCUT2D eigenvalue weighted by molar-refractivity contribution is 5.95. The van der Waals surface area contributed by atoms with Gasteiger partial charge in [0.1, 0.15) is 17.1 Å². The number of carbonyl (C=O) groups is 1.